The minimum absolute atomic E-state index is 0.0916. The van der Waals surface area contributed by atoms with Gasteiger partial charge in [0.15, 0.2) is 0 Å². The first-order valence-corrected chi connectivity index (χ1v) is 5.40. The van der Waals surface area contributed by atoms with Crippen LogP contribution in [-0.2, 0) is 11.3 Å². The maximum Gasteiger partial charge on any atom is 0.242 e. The number of tetrazole rings is 1. The fourth-order valence-electron chi connectivity index (χ4n) is 2.10. The molecule has 0 saturated heterocycles. The maximum absolute atomic E-state index is 11.6. The van der Waals surface area contributed by atoms with Gasteiger partial charge in [-0.2, -0.15) is 0 Å². The van der Waals surface area contributed by atoms with Gasteiger partial charge in [-0.05, 0) is 23.3 Å². The summed E-state index contributed by atoms with van der Waals surface area (Å²) in [5, 5.41) is 22.5. The summed E-state index contributed by atoms with van der Waals surface area (Å²) in [5.41, 5.74) is 0. The molecule has 1 aliphatic rings. The van der Waals surface area contributed by atoms with Crippen molar-refractivity contribution >= 4 is 5.91 Å². The van der Waals surface area contributed by atoms with Crippen LogP contribution in [0.5, 0.6) is 0 Å². The standard InChI is InChI=1S/C9H15N5O2/c15-5-7-2-1-3-8(7)11-9(16)4-14-6-10-12-13-14/h6-8,15H,1-5H2,(H,11,16). The Morgan fingerprint density at radius 2 is 2.44 bits per heavy atom. The molecule has 1 aliphatic carbocycles. The molecule has 0 spiro atoms. The molecule has 2 N–H and O–H groups in total. The third-order valence-electron chi connectivity index (χ3n) is 2.94. The minimum atomic E-state index is -0.113. The number of aromatic nitrogens is 4. The fourth-order valence-corrected chi connectivity index (χ4v) is 2.10. The highest BCUT2D eigenvalue weighted by atomic mass is 16.3. The molecule has 16 heavy (non-hydrogen) atoms. The van der Waals surface area contributed by atoms with E-state index >= 15 is 0 Å². The summed E-state index contributed by atoms with van der Waals surface area (Å²) in [6, 6.07) is 0.0916. The van der Waals surface area contributed by atoms with Crippen molar-refractivity contribution in [3.8, 4) is 0 Å². The lowest BCUT2D eigenvalue weighted by Gasteiger charge is -2.18. The van der Waals surface area contributed by atoms with Crippen LogP contribution in [0.15, 0.2) is 6.33 Å². The van der Waals surface area contributed by atoms with Gasteiger partial charge in [0.2, 0.25) is 5.91 Å². The van der Waals surface area contributed by atoms with Gasteiger partial charge in [0.1, 0.15) is 12.9 Å². The highest BCUT2D eigenvalue weighted by Gasteiger charge is 2.27. The summed E-state index contributed by atoms with van der Waals surface area (Å²) in [6.45, 7) is 0.261. The van der Waals surface area contributed by atoms with Gasteiger partial charge < -0.3 is 10.4 Å². The molecular weight excluding hydrogens is 210 g/mol. The number of hydrogen-bond acceptors (Lipinski definition) is 5. The molecule has 1 saturated carbocycles. The van der Waals surface area contributed by atoms with Crippen molar-refractivity contribution in [1.82, 2.24) is 25.5 Å². The van der Waals surface area contributed by atoms with E-state index in [0.29, 0.717) is 0 Å². The van der Waals surface area contributed by atoms with Crippen LogP contribution >= 0.6 is 0 Å². The van der Waals surface area contributed by atoms with Gasteiger partial charge in [-0.1, -0.05) is 6.42 Å². The van der Waals surface area contributed by atoms with Crippen LogP contribution in [0, 0.1) is 5.92 Å². The lowest BCUT2D eigenvalue weighted by molar-refractivity contribution is -0.122. The maximum atomic E-state index is 11.6. The van der Waals surface area contributed by atoms with Crippen LogP contribution < -0.4 is 5.32 Å². The second-order valence-electron chi connectivity index (χ2n) is 4.05. The molecule has 1 fully saturated rings. The van der Waals surface area contributed by atoms with Gasteiger partial charge in [-0.15, -0.1) is 5.10 Å². The van der Waals surface area contributed by atoms with Crippen molar-refractivity contribution in [3.05, 3.63) is 6.33 Å². The summed E-state index contributed by atoms with van der Waals surface area (Å²) < 4.78 is 1.37. The van der Waals surface area contributed by atoms with Crippen molar-refractivity contribution in [3.63, 3.8) is 0 Å². The van der Waals surface area contributed by atoms with Crippen molar-refractivity contribution in [2.75, 3.05) is 6.61 Å². The van der Waals surface area contributed by atoms with Gasteiger partial charge in [0.05, 0.1) is 0 Å². The molecule has 2 rings (SSSR count). The van der Waals surface area contributed by atoms with E-state index < -0.39 is 0 Å². The number of nitrogens with one attached hydrogen (secondary N) is 1. The Labute approximate surface area is 92.8 Å². The fraction of sp³-hybridized carbons (Fsp3) is 0.778. The van der Waals surface area contributed by atoms with Crippen LogP contribution in [-0.4, -0.2) is 43.9 Å². The summed E-state index contributed by atoms with van der Waals surface area (Å²) in [5.74, 6) is 0.0791. The number of carbonyl (C=O) groups is 1. The Morgan fingerprint density at radius 1 is 1.56 bits per heavy atom. The third kappa shape index (κ3) is 2.54. The van der Waals surface area contributed by atoms with Crippen LogP contribution in [0.1, 0.15) is 19.3 Å². The Bertz CT molecular complexity index is 340. The Balaban J connectivity index is 1.83. The van der Waals surface area contributed by atoms with Crippen molar-refractivity contribution in [1.29, 1.82) is 0 Å². The van der Waals surface area contributed by atoms with E-state index in [1.807, 2.05) is 0 Å². The van der Waals surface area contributed by atoms with Gasteiger partial charge >= 0.3 is 0 Å². The summed E-state index contributed by atoms with van der Waals surface area (Å²) in [7, 11) is 0. The summed E-state index contributed by atoms with van der Waals surface area (Å²) >= 11 is 0. The van der Waals surface area contributed by atoms with E-state index in [2.05, 4.69) is 20.8 Å². The molecule has 1 heterocycles. The highest BCUT2D eigenvalue weighted by molar-refractivity contribution is 5.75. The van der Waals surface area contributed by atoms with E-state index in [-0.39, 0.29) is 31.0 Å². The molecule has 1 amide bonds. The van der Waals surface area contributed by atoms with E-state index in [1.54, 1.807) is 0 Å². The average Bonchev–Trinajstić information content (AvgIpc) is 2.88. The van der Waals surface area contributed by atoms with Crippen LogP contribution in [0.2, 0.25) is 0 Å². The summed E-state index contributed by atoms with van der Waals surface area (Å²) in [4.78, 5) is 11.6. The van der Waals surface area contributed by atoms with Gasteiger partial charge in [-0.25, -0.2) is 4.68 Å². The predicted octanol–water partition coefficient (Wildman–Crippen LogP) is -1.05. The van der Waals surface area contributed by atoms with Gasteiger partial charge in [0.25, 0.3) is 0 Å². The molecule has 1 aromatic rings. The monoisotopic (exact) mass is 225 g/mol. The number of amides is 1. The van der Waals surface area contributed by atoms with Crippen molar-refractivity contribution < 1.29 is 9.90 Å². The molecule has 0 aliphatic heterocycles. The smallest absolute Gasteiger partial charge is 0.242 e. The van der Waals surface area contributed by atoms with Crippen LogP contribution in [0.3, 0.4) is 0 Å². The summed E-state index contributed by atoms with van der Waals surface area (Å²) in [6.07, 6.45) is 4.37. The zero-order valence-electron chi connectivity index (χ0n) is 8.91. The number of hydrogen-bond donors (Lipinski definition) is 2. The van der Waals surface area contributed by atoms with Crippen LogP contribution in [0.4, 0.5) is 0 Å². The number of aliphatic hydroxyl groups is 1. The molecule has 0 bridgehead atoms. The van der Waals surface area contributed by atoms with E-state index in [0.717, 1.165) is 19.3 Å². The topological polar surface area (TPSA) is 92.9 Å². The molecule has 7 nitrogen and oxygen atoms in total. The zero-order valence-corrected chi connectivity index (χ0v) is 8.91. The Morgan fingerprint density at radius 3 is 3.12 bits per heavy atom. The Kier molecular flexibility index (Phi) is 3.45. The van der Waals surface area contributed by atoms with Crippen molar-refractivity contribution in [2.24, 2.45) is 5.92 Å². The lowest BCUT2D eigenvalue weighted by atomic mass is 10.1. The van der Waals surface area contributed by atoms with Gasteiger partial charge in [-0.3, -0.25) is 4.79 Å². The van der Waals surface area contributed by atoms with Crippen molar-refractivity contribution in [2.45, 2.75) is 31.8 Å². The first-order valence-electron chi connectivity index (χ1n) is 5.40. The zero-order chi connectivity index (χ0) is 11.4. The molecule has 2 atom stereocenters. The minimum Gasteiger partial charge on any atom is -0.396 e. The molecule has 1 aromatic heterocycles. The van der Waals surface area contributed by atoms with Gasteiger partial charge in [0, 0.05) is 18.6 Å². The second kappa shape index (κ2) is 5.02. The van der Waals surface area contributed by atoms with Crippen LogP contribution in [0.25, 0.3) is 0 Å². The molecule has 7 heteroatoms. The highest BCUT2D eigenvalue weighted by Crippen LogP contribution is 2.24. The molecule has 0 radical (unpaired) electrons. The van der Waals surface area contributed by atoms with E-state index in [1.165, 1.54) is 11.0 Å². The molecule has 2 unspecified atom stereocenters. The number of carbonyl (C=O) groups excluding carboxylic acids is 1. The normalized spacial score (nSPS) is 24.6. The SMILES string of the molecule is O=C(Cn1cnnn1)NC1CCCC1CO. The third-order valence-corrected chi connectivity index (χ3v) is 2.94. The predicted molar refractivity (Wildman–Crippen MR) is 54.2 cm³/mol. The molecular formula is C9H15N5O2. The number of aliphatic hydroxyl groups excluding tert-OH is 1. The quantitative estimate of drug-likeness (QED) is 0.682. The molecule has 88 valence electrons. The largest absolute Gasteiger partial charge is 0.396 e. The average molecular weight is 225 g/mol. The van der Waals surface area contributed by atoms with E-state index in [9.17, 15) is 4.79 Å². The first-order chi connectivity index (χ1) is 7.79. The number of nitrogens with zero attached hydrogens (tertiary/aromatic N) is 4. The first kappa shape index (κ1) is 11.0. The molecule has 0 aromatic carbocycles. The number of rotatable bonds is 4. The Hall–Kier alpha value is -1.50. The lowest BCUT2D eigenvalue weighted by Crippen LogP contribution is -2.40. The second-order valence-corrected chi connectivity index (χ2v) is 4.05. The van der Waals surface area contributed by atoms with E-state index in [4.69, 9.17) is 5.11 Å².